The van der Waals surface area contributed by atoms with E-state index in [1.807, 2.05) is 0 Å². The van der Waals surface area contributed by atoms with Gasteiger partial charge in [-0.15, -0.1) is 0 Å². The average molecular weight is 175 g/mol. The molecule has 0 saturated carbocycles. The molecule has 1 aliphatic rings. The van der Waals surface area contributed by atoms with Crippen LogP contribution >= 0.6 is 0 Å². The molecule has 1 aliphatic heterocycles. The Balaban J connectivity index is 3.32. The van der Waals surface area contributed by atoms with E-state index in [1.165, 1.54) is 0 Å². The van der Waals surface area contributed by atoms with Gasteiger partial charge in [0.25, 0.3) is 15.9 Å². The fourth-order valence-electron chi connectivity index (χ4n) is 0.566. The summed E-state index contributed by atoms with van der Waals surface area (Å²) in [6.07, 6.45) is 0.840. The minimum atomic E-state index is -3.79. The summed E-state index contributed by atoms with van der Waals surface area (Å²) in [7, 11) is -3.79. The van der Waals surface area contributed by atoms with Crippen LogP contribution in [-0.2, 0) is 14.8 Å². The van der Waals surface area contributed by atoms with Crippen molar-refractivity contribution in [2.45, 2.75) is 0 Å². The molecule has 0 bridgehead atoms. The number of carbonyl (C=O) groups is 1. The van der Waals surface area contributed by atoms with E-state index in [9.17, 15) is 13.2 Å². The van der Waals surface area contributed by atoms with Crippen LogP contribution in [0.15, 0.2) is 15.0 Å². The van der Waals surface area contributed by atoms with Crippen molar-refractivity contribution in [1.29, 1.82) is 0 Å². The molecule has 60 valence electrons. The second kappa shape index (κ2) is 2.06. The van der Waals surface area contributed by atoms with Crippen molar-refractivity contribution < 1.29 is 13.2 Å². The third-order valence-corrected chi connectivity index (χ3v) is 2.29. The summed E-state index contributed by atoms with van der Waals surface area (Å²) in [5.74, 6) is -0.896. The summed E-state index contributed by atoms with van der Waals surface area (Å²) in [5, 5.41) is -0.579. The first-order chi connectivity index (χ1) is 4.95. The molecule has 4 N–H and O–H groups in total. The van der Waals surface area contributed by atoms with E-state index in [0.717, 1.165) is 6.21 Å². The molecule has 0 fully saturated rings. The Bertz CT molecular complexity index is 364. The molecule has 0 aromatic rings. The molecule has 0 atom stereocenters. The Morgan fingerprint density at radius 3 is 2.27 bits per heavy atom. The number of nitrogens with zero attached hydrogens (tertiary/aromatic N) is 1. The number of carbonyl (C=O) groups excluding carboxylic acids is 1. The Kier molecular flexibility index (Phi) is 1.45. The number of hydrogen-bond acceptors (Lipinski definition) is 4. The maximum Gasteiger partial charge on any atom is 0.298 e. The Labute approximate surface area is 62.6 Å². The molecule has 0 unspecified atom stereocenters. The summed E-state index contributed by atoms with van der Waals surface area (Å²) >= 11 is 0. The fraction of sp³-hybridized carbons (Fsp3) is 0. The highest BCUT2D eigenvalue weighted by molar-refractivity contribution is 7.94. The maximum atomic E-state index is 10.7. The van der Waals surface area contributed by atoms with Gasteiger partial charge in [0.05, 0.1) is 11.8 Å². The highest BCUT2D eigenvalue weighted by atomic mass is 32.2. The van der Waals surface area contributed by atoms with E-state index in [2.05, 4.69) is 4.40 Å². The van der Waals surface area contributed by atoms with Crippen LogP contribution in [0.4, 0.5) is 0 Å². The first-order valence-corrected chi connectivity index (χ1v) is 3.99. The van der Waals surface area contributed by atoms with Crippen molar-refractivity contribution in [2.24, 2.45) is 15.9 Å². The lowest BCUT2D eigenvalue weighted by atomic mass is 10.3. The highest BCUT2D eigenvalue weighted by Crippen LogP contribution is 2.13. The fourth-order valence-corrected chi connectivity index (χ4v) is 1.36. The van der Waals surface area contributed by atoms with Gasteiger partial charge in [-0.1, -0.05) is 0 Å². The minimum absolute atomic E-state index is 0.259. The number of hydrogen-bond donors (Lipinski definition) is 2. The molecule has 6 nitrogen and oxygen atoms in total. The normalized spacial score (nSPS) is 20.7. The van der Waals surface area contributed by atoms with Crippen LogP contribution in [0.2, 0.25) is 0 Å². The van der Waals surface area contributed by atoms with Crippen molar-refractivity contribution in [1.82, 2.24) is 0 Å². The zero-order valence-electron chi connectivity index (χ0n) is 5.31. The molecule has 1 amide bonds. The first-order valence-electron chi connectivity index (χ1n) is 2.55. The van der Waals surface area contributed by atoms with Crippen molar-refractivity contribution in [2.75, 3.05) is 0 Å². The lowest BCUT2D eigenvalue weighted by Gasteiger charge is -1.92. The van der Waals surface area contributed by atoms with Gasteiger partial charge in [0.2, 0.25) is 0 Å². The average Bonchev–Trinajstić information content (AvgIpc) is 2.09. The summed E-state index contributed by atoms with van der Waals surface area (Å²) < 4.78 is 24.4. The van der Waals surface area contributed by atoms with Gasteiger partial charge in [-0.25, -0.2) is 0 Å². The summed E-state index contributed by atoms with van der Waals surface area (Å²) in [5.41, 5.74) is 9.54. The molecule has 0 aliphatic carbocycles. The number of primary amides is 1. The second-order valence-electron chi connectivity index (χ2n) is 1.85. The van der Waals surface area contributed by atoms with Crippen LogP contribution in [-0.4, -0.2) is 20.5 Å². The van der Waals surface area contributed by atoms with Crippen molar-refractivity contribution in [3.05, 3.63) is 10.6 Å². The molecule has 0 spiro atoms. The molecule has 7 heteroatoms. The largest absolute Gasteiger partial charge is 0.387 e. The lowest BCUT2D eigenvalue weighted by molar-refractivity contribution is -0.114. The summed E-state index contributed by atoms with van der Waals surface area (Å²) in [6.45, 7) is 0. The van der Waals surface area contributed by atoms with Gasteiger partial charge in [0.15, 0.2) is 5.03 Å². The minimum Gasteiger partial charge on any atom is -0.387 e. The van der Waals surface area contributed by atoms with Gasteiger partial charge in [0, 0.05) is 0 Å². The van der Waals surface area contributed by atoms with E-state index in [0.29, 0.717) is 0 Å². The Morgan fingerprint density at radius 1 is 1.55 bits per heavy atom. The third-order valence-electron chi connectivity index (χ3n) is 1.13. The smallest absolute Gasteiger partial charge is 0.298 e. The van der Waals surface area contributed by atoms with Crippen molar-refractivity contribution in [3.63, 3.8) is 0 Å². The van der Waals surface area contributed by atoms with E-state index in [-0.39, 0.29) is 5.57 Å². The van der Waals surface area contributed by atoms with E-state index < -0.39 is 21.0 Å². The predicted octanol–water partition coefficient (Wildman–Crippen LogP) is -1.94. The molecule has 1 rings (SSSR count). The summed E-state index contributed by atoms with van der Waals surface area (Å²) in [4.78, 5) is 10.4. The molecular weight excluding hydrogens is 170 g/mol. The number of amides is 1. The number of rotatable bonds is 1. The number of nitrogens with two attached hydrogens (primary N) is 2. The van der Waals surface area contributed by atoms with Crippen LogP contribution in [0.1, 0.15) is 0 Å². The van der Waals surface area contributed by atoms with Crippen LogP contribution in [0.5, 0.6) is 0 Å². The lowest BCUT2D eigenvalue weighted by Crippen LogP contribution is -2.19. The molecule has 1 heterocycles. The zero-order chi connectivity index (χ0) is 8.65. The van der Waals surface area contributed by atoms with Crippen molar-refractivity contribution >= 4 is 22.1 Å². The van der Waals surface area contributed by atoms with Gasteiger partial charge in [-0.05, 0) is 0 Å². The third kappa shape index (κ3) is 1.09. The SMILES string of the molecule is NC(=O)C1=C(N)S(=O)(=O)N=C1. The van der Waals surface area contributed by atoms with Crippen LogP contribution in [0.25, 0.3) is 0 Å². The van der Waals surface area contributed by atoms with Crippen molar-refractivity contribution in [3.8, 4) is 0 Å². The van der Waals surface area contributed by atoms with E-state index in [4.69, 9.17) is 11.5 Å². The zero-order valence-corrected chi connectivity index (χ0v) is 6.13. The molecule has 11 heavy (non-hydrogen) atoms. The molecular formula is C4H5N3O3S. The van der Waals surface area contributed by atoms with Crippen LogP contribution < -0.4 is 11.5 Å². The van der Waals surface area contributed by atoms with Gasteiger partial charge >= 0.3 is 0 Å². The Hall–Kier alpha value is -1.37. The van der Waals surface area contributed by atoms with E-state index in [1.54, 1.807) is 0 Å². The predicted molar refractivity (Wildman–Crippen MR) is 37.8 cm³/mol. The van der Waals surface area contributed by atoms with Crippen LogP contribution in [0, 0.1) is 0 Å². The first kappa shape index (κ1) is 7.73. The highest BCUT2D eigenvalue weighted by Gasteiger charge is 2.25. The summed E-state index contributed by atoms with van der Waals surface area (Å²) in [6, 6.07) is 0. The quantitative estimate of drug-likeness (QED) is 0.482. The Morgan fingerprint density at radius 2 is 2.09 bits per heavy atom. The van der Waals surface area contributed by atoms with Gasteiger partial charge in [0.1, 0.15) is 0 Å². The molecule has 0 aromatic carbocycles. The van der Waals surface area contributed by atoms with Crippen LogP contribution in [0.3, 0.4) is 0 Å². The van der Waals surface area contributed by atoms with Gasteiger partial charge in [-0.2, -0.15) is 12.8 Å². The standard InChI is InChI=1S/C4H5N3O3S/c5-3(8)2-1-7-11(9,10)4(2)6/h1H,6H2,(H2,5,8). The molecule has 0 radical (unpaired) electrons. The monoisotopic (exact) mass is 175 g/mol. The van der Waals surface area contributed by atoms with E-state index >= 15 is 0 Å². The second-order valence-corrected chi connectivity index (χ2v) is 3.45. The maximum absolute atomic E-state index is 10.7. The molecule has 0 saturated heterocycles. The van der Waals surface area contributed by atoms with Gasteiger partial charge < -0.3 is 11.5 Å². The topological polar surface area (TPSA) is 116 Å². The van der Waals surface area contributed by atoms with Gasteiger partial charge in [-0.3, -0.25) is 4.79 Å². The number of sulfonamides is 1. The molecule has 0 aromatic heterocycles.